The number of ketones is 2. The molecule has 91 heavy (non-hydrogen) atoms. The van der Waals surface area contributed by atoms with Gasteiger partial charge >= 0.3 is 29.8 Å². The number of aromatic nitrogens is 2. The van der Waals surface area contributed by atoms with Gasteiger partial charge in [0.1, 0.15) is 61.8 Å². The number of pyridine rings is 2. The van der Waals surface area contributed by atoms with E-state index >= 15 is 0 Å². The second-order valence-corrected chi connectivity index (χ2v) is 22.6. The van der Waals surface area contributed by atoms with Crippen LogP contribution in [0.5, 0.6) is 0 Å². The third kappa shape index (κ3) is 48.8. The number of methoxy groups -OCH3 is 2. The number of carbonyl (C=O) groups is 12. The third-order valence-electron chi connectivity index (χ3n) is 10.6. The average molecular weight is 1360 g/mol. The van der Waals surface area contributed by atoms with E-state index < -0.39 is 41.5 Å². The number of Topliss-reactive ketones (excluding diaryl/α,β-unsaturated/α-hetero) is 2. The lowest BCUT2D eigenvalue weighted by atomic mass is 10.1. The molecule has 33 heteroatoms. The van der Waals surface area contributed by atoms with Crippen LogP contribution >= 0.6 is 43.2 Å². The van der Waals surface area contributed by atoms with Gasteiger partial charge in [-0.2, -0.15) is 0 Å². The molecule has 0 fully saturated rings. The van der Waals surface area contributed by atoms with Gasteiger partial charge in [0, 0.05) is 107 Å². The molecule has 0 radical (unpaired) electrons. The Labute approximate surface area is 544 Å². The molecular formula is C58H81N5O24S4. The van der Waals surface area contributed by atoms with Gasteiger partial charge in [-0.15, -0.1) is 0 Å². The Balaban J connectivity index is 0.000000613. The molecule has 0 bridgehead atoms. The Morgan fingerprint density at radius 3 is 1.31 bits per heavy atom. The number of nitrogens with zero attached hydrogens (tertiary/aromatic N) is 4. The maximum atomic E-state index is 11.7. The summed E-state index contributed by atoms with van der Waals surface area (Å²) in [6.07, 6.45) is 10.2. The molecule has 2 aromatic heterocycles. The molecule has 4 rings (SSSR count). The second-order valence-electron chi connectivity index (χ2n) is 17.7. The van der Waals surface area contributed by atoms with Crippen molar-refractivity contribution in [3.8, 4) is 0 Å². The van der Waals surface area contributed by atoms with Crippen LogP contribution in [-0.2, 0) is 114 Å². The highest BCUT2D eigenvalue weighted by Gasteiger charge is 2.24. The molecule has 5 amide bonds. The molecule has 0 aromatic carbocycles. The van der Waals surface area contributed by atoms with E-state index in [9.17, 15) is 57.5 Å². The lowest BCUT2D eigenvalue weighted by Gasteiger charge is -2.12. The summed E-state index contributed by atoms with van der Waals surface area (Å²) < 4.78 is 59.4. The summed E-state index contributed by atoms with van der Waals surface area (Å²) in [7, 11) is 9.19. The Kier molecular flexibility index (Phi) is 50.8. The highest BCUT2D eigenvalue weighted by Crippen LogP contribution is 2.29. The Morgan fingerprint density at radius 2 is 0.846 bits per heavy atom. The fourth-order valence-electron chi connectivity index (χ4n) is 6.12. The first-order valence-corrected chi connectivity index (χ1v) is 33.0. The zero-order valence-corrected chi connectivity index (χ0v) is 54.7. The van der Waals surface area contributed by atoms with Gasteiger partial charge in [-0.3, -0.25) is 67.3 Å². The van der Waals surface area contributed by atoms with Crippen molar-refractivity contribution in [2.45, 2.75) is 81.7 Å². The Bertz CT molecular complexity index is 2500. The highest BCUT2D eigenvalue weighted by atomic mass is 33.1. The number of hydrogen-bond donors (Lipinski definition) is 1. The summed E-state index contributed by atoms with van der Waals surface area (Å²) >= 11 is 0. The number of amides is 5. The summed E-state index contributed by atoms with van der Waals surface area (Å²) in [4.78, 5) is 144. The smallest absolute Gasteiger partial charge is 0.308 e. The van der Waals surface area contributed by atoms with Crippen molar-refractivity contribution in [3.63, 3.8) is 0 Å². The number of hydrogen-bond acceptors (Lipinski definition) is 30. The summed E-state index contributed by atoms with van der Waals surface area (Å²) in [6.45, 7) is 6.24. The number of carbonyl (C=O) groups excluding carboxylic acids is 12. The van der Waals surface area contributed by atoms with Crippen molar-refractivity contribution in [2.75, 3.05) is 138 Å². The molecular weight excluding hydrogens is 1280 g/mol. The predicted molar refractivity (Wildman–Crippen MR) is 331 cm³/mol. The third-order valence-corrected chi connectivity index (χ3v) is 15.1. The van der Waals surface area contributed by atoms with E-state index in [1.807, 2.05) is 36.4 Å². The molecule has 0 spiro atoms. The fourth-order valence-corrected chi connectivity index (χ4v) is 9.60. The molecule has 1 N–H and O–H groups in total. The molecule has 0 saturated carbocycles. The minimum Gasteiger partial charge on any atom is -0.469 e. The van der Waals surface area contributed by atoms with Crippen LogP contribution in [-0.4, -0.2) is 229 Å². The lowest BCUT2D eigenvalue weighted by molar-refractivity contribution is -0.152. The zero-order chi connectivity index (χ0) is 67.0. The molecule has 0 saturated heterocycles. The monoisotopic (exact) mass is 1360 g/mol. The average Bonchev–Trinajstić information content (AvgIpc) is 4.10. The summed E-state index contributed by atoms with van der Waals surface area (Å²) in [5.74, 6) is -2.12. The fraction of sp³-hybridized carbons (Fsp3) is 0.552. The molecule has 2 aliphatic rings. The van der Waals surface area contributed by atoms with Gasteiger partial charge in [-0.05, 0) is 52.3 Å². The minimum atomic E-state index is -0.400. The van der Waals surface area contributed by atoms with Crippen molar-refractivity contribution in [1.82, 2.24) is 25.1 Å². The van der Waals surface area contributed by atoms with Crippen LogP contribution in [0.2, 0.25) is 0 Å². The number of nitrogens with one attached hydrogen (secondary N) is 1. The number of imide groups is 2. The van der Waals surface area contributed by atoms with Crippen LogP contribution in [0.4, 0.5) is 0 Å². The minimum absolute atomic E-state index is 0.0113. The largest absolute Gasteiger partial charge is 0.469 e. The number of ether oxygens (including phenoxy) is 12. The quantitative estimate of drug-likeness (QED) is 0.0242. The van der Waals surface area contributed by atoms with Crippen LogP contribution in [0.15, 0.2) is 83.1 Å². The van der Waals surface area contributed by atoms with Gasteiger partial charge in [-0.25, -0.2) is 9.97 Å². The molecule has 4 heterocycles. The van der Waals surface area contributed by atoms with E-state index in [0.29, 0.717) is 32.8 Å². The molecule has 29 nitrogen and oxygen atoms in total. The first-order chi connectivity index (χ1) is 43.9. The van der Waals surface area contributed by atoms with Gasteiger partial charge in [-0.1, -0.05) is 33.7 Å². The molecule has 0 aliphatic carbocycles. The molecule has 0 unspecified atom stereocenters. The second kappa shape index (κ2) is 56.1. The van der Waals surface area contributed by atoms with Crippen molar-refractivity contribution in [3.05, 3.63) is 73.1 Å². The molecule has 506 valence electrons. The first kappa shape index (κ1) is 82.4. The number of esters is 5. The summed E-state index contributed by atoms with van der Waals surface area (Å²) in [6, 6.07) is 11.6. The molecule has 0 atom stereocenters. The van der Waals surface area contributed by atoms with Crippen molar-refractivity contribution in [2.24, 2.45) is 0 Å². The summed E-state index contributed by atoms with van der Waals surface area (Å²) in [5, 5.41) is 4.53. The zero-order valence-electron chi connectivity index (χ0n) is 51.4. The first-order valence-electron chi connectivity index (χ1n) is 28.3. The lowest BCUT2D eigenvalue weighted by Crippen LogP contribution is -2.32. The molecule has 2 aromatic rings. The van der Waals surface area contributed by atoms with Crippen molar-refractivity contribution >= 4 is 114 Å². The van der Waals surface area contributed by atoms with Crippen molar-refractivity contribution < 1.29 is 114 Å². The normalized spacial score (nSPS) is 12.0. The Hall–Kier alpha value is -6.66. The molecule has 2 aliphatic heterocycles. The predicted octanol–water partition coefficient (Wildman–Crippen LogP) is 4.24. The van der Waals surface area contributed by atoms with E-state index in [0.717, 1.165) is 31.4 Å². The van der Waals surface area contributed by atoms with Crippen LogP contribution < -0.4 is 5.32 Å². The highest BCUT2D eigenvalue weighted by molar-refractivity contribution is 8.77. The van der Waals surface area contributed by atoms with E-state index in [-0.39, 0.29) is 167 Å². The standard InChI is InChI=1S/C18H26N2O8.C15H21NO6S2.C13H17NO6.C12H17NO4S2/c1-14(21)28-12-8-19-16(23)7-11-27-13-26-10-2-3-15(22)6-9-20-17(24)4-5-18(20)25;1-13(17)21-8-9-22-15(18)5-7-19-12-20-10-11-23-24-14-4-2-3-6-16-14;1-19-13(18)6-9-20-8-5-10(15)4-7-14-11(16)2-3-12(14)17;1-15-12(14)5-7-16-10-17-8-9-18-19-11-4-2-3-6-13-11/h4-5H,2-3,6-13H2,1H3,(H,19,23);2-4,6H,5,7-12H2,1H3;2-3H,4-9H2,1H3;2-4,6H,5,7-10H2,1H3. The maximum absolute atomic E-state index is 11.7. The van der Waals surface area contributed by atoms with Crippen LogP contribution in [0.25, 0.3) is 0 Å². The Morgan fingerprint density at radius 1 is 0.440 bits per heavy atom. The van der Waals surface area contributed by atoms with Gasteiger partial charge in [0.25, 0.3) is 23.6 Å². The maximum Gasteiger partial charge on any atom is 0.308 e. The van der Waals surface area contributed by atoms with Crippen LogP contribution in [0, 0.1) is 0 Å². The van der Waals surface area contributed by atoms with E-state index in [1.165, 1.54) is 52.4 Å². The van der Waals surface area contributed by atoms with Gasteiger partial charge in [0.15, 0.2) is 0 Å². The van der Waals surface area contributed by atoms with Crippen LogP contribution in [0.3, 0.4) is 0 Å². The van der Waals surface area contributed by atoms with E-state index in [4.69, 9.17) is 37.9 Å². The van der Waals surface area contributed by atoms with Crippen molar-refractivity contribution in [1.29, 1.82) is 0 Å². The van der Waals surface area contributed by atoms with Crippen LogP contribution in [0.1, 0.15) is 71.6 Å². The van der Waals surface area contributed by atoms with Gasteiger partial charge < -0.3 is 62.2 Å². The topological polar surface area (TPSA) is 360 Å². The summed E-state index contributed by atoms with van der Waals surface area (Å²) in [5.41, 5.74) is 0. The SMILES string of the molecule is CC(=O)OCCNC(=O)CCOCOCCCC(=O)CCN1C(=O)C=CC1=O.CC(=O)OCCOC(=O)CCOCOCCSSc1ccccn1.COC(=O)CCOCCC(=O)CCN1C(=O)C=CC1=O.COC(=O)CCOCOCCSSc1ccccn1. The van der Waals surface area contributed by atoms with Gasteiger partial charge in [0.05, 0.1) is 92.7 Å². The van der Waals surface area contributed by atoms with E-state index in [1.54, 1.807) is 55.6 Å². The van der Waals surface area contributed by atoms with Gasteiger partial charge in [0.2, 0.25) is 5.91 Å². The number of rotatable bonds is 47. The van der Waals surface area contributed by atoms with E-state index in [2.05, 4.69) is 34.2 Å².